The van der Waals surface area contributed by atoms with E-state index < -0.39 is 0 Å². The van der Waals surface area contributed by atoms with Gasteiger partial charge in [0.15, 0.2) is 0 Å². The number of carbonyl (C=O) groups excluding carboxylic acids is 1. The number of ether oxygens (including phenoxy) is 1. The third kappa shape index (κ3) is 3.31. The fourth-order valence-electron chi connectivity index (χ4n) is 1.41. The topological polar surface area (TPSA) is 29.5 Å². The van der Waals surface area contributed by atoms with Crippen LogP contribution in [-0.2, 0) is 16.1 Å². The first kappa shape index (κ1) is 12.6. The average molecular weight is 225 g/mol. The molecule has 16 heavy (non-hydrogen) atoms. The van der Waals surface area contributed by atoms with E-state index in [1.165, 1.54) is 19.2 Å². The average Bonchev–Trinajstić information content (AvgIpc) is 2.27. The van der Waals surface area contributed by atoms with Crippen molar-refractivity contribution in [2.75, 3.05) is 14.2 Å². The second kappa shape index (κ2) is 5.61. The molecular weight excluding hydrogens is 209 g/mol. The number of likely N-dealkylation sites (N-methyl/N-ethyl adjacent to an activating group) is 1. The van der Waals surface area contributed by atoms with Gasteiger partial charge in [-0.2, -0.15) is 0 Å². The van der Waals surface area contributed by atoms with Crippen molar-refractivity contribution in [3.63, 3.8) is 0 Å². The lowest BCUT2D eigenvalue weighted by Gasteiger charge is -2.22. The van der Waals surface area contributed by atoms with Crippen LogP contribution in [-0.4, -0.2) is 31.1 Å². The molecule has 0 aliphatic rings. The van der Waals surface area contributed by atoms with E-state index in [1.807, 2.05) is 6.07 Å². The fourth-order valence-corrected chi connectivity index (χ4v) is 1.41. The van der Waals surface area contributed by atoms with Crippen molar-refractivity contribution < 1.29 is 13.9 Å². The summed E-state index contributed by atoms with van der Waals surface area (Å²) >= 11 is 0. The lowest BCUT2D eigenvalue weighted by molar-refractivity contribution is -0.145. The summed E-state index contributed by atoms with van der Waals surface area (Å²) in [6, 6.07) is 5.99. The molecule has 0 aliphatic carbocycles. The minimum atomic E-state index is -0.340. The summed E-state index contributed by atoms with van der Waals surface area (Å²) in [6.07, 6.45) is 0. The van der Waals surface area contributed by atoms with Gasteiger partial charge in [0.25, 0.3) is 0 Å². The van der Waals surface area contributed by atoms with Crippen LogP contribution in [0.3, 0.4) is 0 Å². The standard InChI is InChI=1S/C12H16FNO2/c1-9(12(15)16-3)14(2)8-10-5-4-6-11(13)7-10/h4-7,9H,8H2,1-3H3. The number of methoxy groups -OCH3 is 1. The van der Waals surface area contributed by atoms with Gasteiger partial charge in [-0.25, -0.2) is 4.39 Å². The molecule has 1 aromatic carbocycles. The zero-order valence-electron chi connectivity index (χ0n) is 9.74. The third-order valence-electron chi connectivity index (χ3n) is 2.52. The summed E-state index contributed by atoms with van der Waals surface area (Å²) in [6.45, 7) is 2.26. The Morgan fingerprint density at radius 3 is 2.81 bits per heavy atom. The highest BCUT2D eigenvalue weighted by atomic mass is 19.1. The zero-order valence-corrected chi connectivity index (χ0v) is 9.74. The molecule has 0 amide bonds. The van der Waals surface area contributed by atoms with Crippen LogP contribution in [0.25, 0.3) is 0 Å². The molecule has 0 spiro atoms. The summed E-state index contributed by atoms with van der Waals surface area (Å²) in [5.41, 5.74) is 0.832. The molecule has 0 saturated heterocycles. The quantitative estimate of drug-likeness (QED) is 0.732. The molecule has 0 heterocycles. The first-order valence-corrected chi connectivity index (χ1v) is 5.07. The molecule has 1 atom stereocenters. The number of rotatable bonds is 4. The van der Waals surface area contributed by atoms with Gasteiger partial charge in [0.05, 0.1) is 7.11 Å². The van der Waals surface area contributed by atoms with E-state index in [4.69, 9.17) is 0 Å². The van der Waals surface area contributed by atoms with Gasteiger partial charge in [0, 0.05) is 6.54 Å². The maximum absolute atomic E-state index is 12.9. The van der Waals surface area contributed by atoms with Crippen molar-refractivity contribution in [2.24, 2.45) is 0 Å². The lowest BCUT2D eigenvalue weighted by atomic mass is 10.2. The van der Waals surface area contributed by atoms with Gasteiger partial charge in [-0.1, -0.05) is 12.1 Å². The Kier molecular flexibility index (Phi) is 4.43. The van der Waals surface area contributed by atoms with Gasteiger partial charge >= 0.3 is 5.97 Å². The fraction of sp³-hybridized carbons (Fsp3) is 0.417. The number of benzene rings is 1. The molecule has 0 N–H and O–H groups in total. The summed E-state index contributed by atoms with van der Waals surface area (Å²) in [4.78, 5) is 13.1. The number of esters is 1. The predicted molar refractivity (Wildman–Crippen MR) is 59.3 cm³/mol. The zero-order chi connectivity index (χ0) is 12.1. The van der Waals surface area contributed by atoms with Crippen LogP contribution in [0.15, 0.2) is 24.3 Å². The molecule has 0 saturated carbocycles. The number of halogens is 1. The van der Waals surface area contributed by atoms with Crippen LogP contribution in [0.5, 0.6) is 0 Å². The molecular formula is C12H16FNO2. The Bertz CT molecular complexity index is 368. The van der Waals surface area contributed by atoms with E-state index in [9.17, 15) is 9.18 Å². The van der Waals surface area contributed by atoms with E-state index in [0.717, 1.165) is 5.56 Å². The van der Waals surface area contributed by atoms with Crippen LogP contribution in [0, 0.1) is 5.82 Å². The normalized spacial score (nSPS) is 12.6. The molecule has 1 rings (SSSR count). The van der Waals surface area contributed by atoms with Crippen LogP contribution in [0.1, 0.15) is 12.5 Å². The van der Waals surface area contributed by atoms with E-state index >= 15 is 0 Å². The van der Waals surface area contributed by atoms with Crippen LogP contribution in [0.4, 0.5) is 4.39 Å². The monoisotopic (exact) mass is 225 g/mol. The van der Waals surface area contributed by atoms with E-state index in [2.05, 4.69) is 4.74 Å². The maximum atomic E-state index is 12.9. The van der Waals surface area contributed by atoms with Crippen molar-refractivity contribution in [1.82, 2.24) is 4.90 Å². The molecule has 3 nitrogen and oxygen atoms in total. The van der Waals surface area contributed by atoms with Crippen molar-refractivity contribution in [3.8, 4) is 0 Å². The summed E-state index contributed by atoms with van der Waals surface area (Å²) in [7, 11) is 3.15. The Labute approximate surface area is 94.8 Å². The van der Waals surface area contributed by atoms with E-state index in [-0.39, 0.29) is 17.8 Å². The first-order chi connectivity index (χ1) is 7.54. The van der Waals surface area contributed by atoms with Crippen LogP contribution in [0.2, 0.25) is 0 Å². The first-order valence-electron chi connectivity index (χ1n) is 5.07. The van der Waals surface area contributed by atoms with Crippen molar-refractivity contribution in [3.05, 3.63) is 35.6 Å². The Hall–Kier alpha value is -1.42. The maximum Gasteiger partial charge on any atom is 0.322 e. The summed E-state index contributed by atoms with van der Waals surface area (Å²) < 4.78 is 17.6. The van der Waals surface area contributed by atoms with Gasteiger partial charge < -0.3 is 4.74 Å². The number of carbonyl (C=O) groups is 1. The van der Waals surface area contributed by atoms with Gasteiger partial charge in [-0.15, -0.1) is 0 Å². The van der Waals surface area contributed by atoms with Gasteiger partial charge in [0.2, 0.25) is 0 Å². The SMILES string of the molecule is COC(=O)C(C)N(C)Cc1cccc(F)c1. The number of nitrogens with zero attached hydrogens (tertiary/aromatic N) is 1. The molecule has 0 aliphatic heterocycles. The number of hydrogen-bond acceptors (Lipinski definition) is 3. The molecule has 0 radical (unpaired) electrons. The largest absolute Gasteiger partial charge is 0.468 e. The second-order valence-electron chi connectivity index (χ2n) is 3.74. The molecule has 0 fully saturated rings. The molecule has 0 bridgehead atoms. The summed E-state index contributed by atoms with van der Waals surface area (Å²) in [5.74, 6) is -0.560. The highest BCUT2D eigenvalue weighted by molar-refractivity contribution is 5.75. The van der Waals surface area contributed by atoms with Crippen LogP contribution >= 0.6 is 0 Å². The molecule has 0 aromatic heterocycles. The van der Waals surface area contributed by atoms with Gasteiger partial charge in [0.1, 0.15) is 11.9 Å². The van der Waals surface area contributed by atoms with E-state index in [1.54, 1.807) is 24.9 Å². The molecule has 1 aromatic rings. The highest BCUT2D eigenvalue weighted by Crippen LogP contribution is 2.08. The van der Waals surface area contributed by atoms with Crippen LogP contribution < -0.4 is 0 Å². The Balaban J connectivity index is 2.64. The van der Waals surface area contributed by atoms with Gasteiger partial charge in [-0.3, -0.25) is 9.69 Å². The Morgan fingerprint density at radius 1 is 1.56 bits per heavy atom. The lowest BCUT2D eigenvalue weighted by Crippen LogP contribution is -2.36. The van der Waals surface area contributed by atoms with Crippen molar-refractivity contribution >= 4 is 5.97 Å². The van der Waals surface area contributed by atoms with E-state index in [0.29, 0.717) is 6.54 Å². The predicted octanol–water partition coefficient (Wildman–Crippen LogP) is 1.82. The smallest absolute Gasteiger partial charge is 0.322 e. The minimum absolute atomic E-state index is 0.267. The molecule has 1 unspecified atom stereocenters. The number of hydrogen-bond donors (Lipinski definition) is 0. The second-order valence-corrected chi connectivity index (χ2v) is 3.74. The van der Waals surface area contributed by atoms with Crippen molar-refractivity contribution in [1.29, 1.82) is 0 Å². The Morgan fingerprint density at radius 2 is 2.25 bits per heavy atom. The highest BCUT2D eigenvalue weighted by Gasteiger charge is 2.18. The summed E-state index contributed by atoms with van der Waals surface area (Å²) in [5, 5.41) is 0. The molecule has 88 valence electrons. The minimum Gasteiger partial charge on any atom is -0.468 e. The van der Waals surface area contributed by atoms with Gasteiger partial charge in [-0.05, 0) is 31.7 Å². The third-order valence-corrected chi connectivity index (χ3v) is 2.52. The van der Waals surface area contributed by atoms with Crippen molar-refractivity contribution in [2.45, 2.75) is 19.5 Å². The molecule has 4 heteroatoms.